The number of esters is 1. The molecule has 148 valence electrons. The van der Waals surface area contributed by atoms with Gasteiger partial charge < -0.3 is 14.0 Å². The van der Waals surface area contributed by atoms with E-state index >= 15 is 0 Å². The Kier molecular flexibility index (Phi) is 6.05. The van der Waals surface area contributed by atoms with Crippen molar-refractivity contribution in [2.24, 2.45) is 4.99 Å². The minimum absolute atomic E-state index is 0.0750. The molecule has 3 aromatic rings. The summed E-state index contributed by atoms with van der Waals surface area (Å²) < 4.78 is 14.4. The number of thiazole rings is 1. The van der Waals surface area contributed by atoms with Crippen LogP contribution in [0.15, 0.2) is 29.3 Å². The summed E-state index contributed by atoms with van der Waals surface area (Å²) in [4.78, 5) is 29.2. The minimum atomic E-state index is -0.405. The van der Waals surface area contributed by atoms with Gasteiger partial charge in [0.15, 0.2) is 4.80 Å². The first-order chi connectivity index (χ1) is 13.4. The molecule has 0 unspecified atom stereocenters. The van der Waals surface area contributed by atoms with Crippen LogP contribution < -0.4 is 4.80 Å². The molecule has 1 aromatic carbocycles. The number of amides is 1. The van der Waals surface area contributed by atoms with E-state index < -0.39 is 5.97 Å². The van der Waals surface area contributed by atoms with Gasteiger partial charge in [0.2, 0.25) is 0 Å². The summed E-state index contributed by atoms with van der Waals surface area (Å²) >= 11 is 1.35. The highest BCUT2D eigenvalue weighted by Gasteiger charge is 2.13. The fraction of sp³-hybridized carbons (Fsp3) is 0.368. The van der Waals surface area contributed by atoms with Gasteiger partial charge >= 0.3 is 5.97 Å². The second-order valence-corrected chi connectivity index (χ2v) is 7.30. The normalized spacial score (nSPS) is 11.9. The van der Waals surface area contributed by atoms with Gasteiger partial charge in [-0.3, -0.25) is 9.48 Å². The van der Waals surface area contributed by atoms with Crippen LogP contribution in [0.1, 0.15) is 21.7 Å². The van der Waals surface area contributed by atoms with E-state index in [2.05, 4.69) is 10.1 Å². The van der Waals surface area contributed by atoms with Gasteiger partial charge in [0.1, 0.15) is 6.54 Å². The molecule has 28 heavy (non-hydrogen) atoms. The summed E-state index contributed by atoms with van der Waals surface area (Å²) in [7, 11) is 2.97. The fourth-order valence-corrected chi connectivity index (χ4v) is 4.02. The Balaban J connectivity index is 2.01. The molecule has 2 aromatic heterocycles. The number of nitrogens with zero attached hydrogens (tertiary/aromatic N) is 4. The number of ether oxygens (including phenoxy) is 2. The number of benzene rings is 1. The summed E-state index contributed by atoms with van der Waals surface area (Å²) in [6, 6.07) is 7.20. The average molecular weight is 402 g/mol. The number of aromatic nitrogens is 3. The number of fused-ring (bicyclic) bond motifs is 1. The lowest BCUT2D eigenvalue weighted by Gasteiger charge is -2.05. The molecule has 3 rings (SSSR count). The second kappa shape index (κ2) is 8.49. The first-order valence-corrected chi connectivity index (χ1v) is 9.54. The maximum atomic E-state index is 12.5. The topological polar surface area (TPSA) is 87.7 Å². The lowest BCUT2D eigenvalue weighted by atomic mass is 10.2. The lowest BCUT2D eigenvalue weighted by molar-refractivity contribution is -0.118. The smallest absolute Gasteiger partial charge is 0.337 e. The van der Waals surface area contributed by atoms with Crippen LogP contribution in [-0.2, 0) is 27.4 Å². The van der Waals surface area contributed by atoms with Crippen molar-refractivity contribution >= 4 is 33.4 Å². The number of carbonyl (C=O) groups is 2. The van der Waals surface area contributed by atoms with Gasteiger partial charge in [0.25, 0.3) is 5.91 Å². The highest BCUT2D eigenvalue weighted by atomic mass is 32.1. The maximum absolute atomic E-state index is 12.5. The molecule has 0 aliphatic rings. The molecule has 0 atom stereocenters. The number of rotatable bonds is 6. The predicted octanol–water partition coefficient (Wildman–Crippen LogP) is 2.08. The number of aryl methyl sites for hydroxylation is 2. The van der Waals surface area contributed by atoms with E-state index in [1.165, 1.54) is 18.4 Å². The highest BCUT2D eigenvalue weighted by Crippen LogP contribution is 2.20. The predicted molar refractivity (Wildman–Crippen MR) is 105 cm³/mol. The Hall–Kier alpha value is -2.78. The molecule has 0 bridgehead atoms. The molecule has 0 saturated heterocycles. The largest absolute Gasteiger partial charge is 0.465 e. The van der Waals surface area contributed by atoms with Gasteiger partial charge in [0.05, 0.1) is 35.2 Å². The molecular formula is C19H22N4O4S. The van der Waals surface area contributed by atoms with Crippen molar-refractivity contribution in [3.8, 4) is 0 Å². The molecule has 0 saturated carbocycles. The van der Waals surface area contributed by atoms with Gasteiger partial charge in [-0.1, -0.05) is 11.3 Å². The summed E-state index contributed by atoms with van der Waals surface area (Å²) in [6.07, 6.45) is 0. The fourth-order valence-electron chi connectivity index (χ4n) is 2.91. The van der Waals surface area contributed by atoms with Crippen molar-refractivity contribution in [2.75, 3.05) is 20.8 Å². The molecule has 0 radical (unpaired) electrons. The molecule has 0 N–H and O–H groups in total. The molecule has 1 amide bonds. The zero-order chi connectivity index (χ0) is 20.3. The van der Waals surface area contributed by atoms with Gasteiger partial charge in [-0.05, 0) is 38.1 Å². The quantitative estimate of drug-likeness (QED) is 0.589. The van der Waals surface area contributed by atoms with Crippen molar-refractivity contribution in [3.05, 3.63) is 46.0 Å². The monoisotopic (exact) mass is 402 g/mol. The molecule has 8 nitrogen and oxygen atoms in total. The first-order valence-electron chi connectivity index (χ1n) is 8.72. The Labute approximate surface area is 166 Å². The van der Waals surface area contributed by atoms with Crippen LogP contribution in [0.3, 0.4) is 0 Å². The molecule has 0 aliphatic carbocycles. The molecule has 2 heterocycles. The van der Waals surface area contributed by atoms with E-state index in [1.54, 1.807) is 23.9 Å². The number of hydrogen-bond acceptors (Lipinski definition) is 6. The Morgan fingerprint density at radius 2 is 2.00 bits per heavy atom. The van der Waals surface area contributed by atoms with E-state index in [0.717, 1.165) is 21.6 Å². The zero-order valence-corrected chi connectivity index (χ0v) is 17.1. The minimum Gasteiger partial charge on any atom is -0.465 e. The maximum Gasteiger partial charge on any atom is 0.337 e. The van der Waals surface area contributed by atoms with Crippen molar-refractivity contribution in [1.29, 1.82) is 0 Å². The van der Waals surface area contributed by atoms with Crippen LogP contribution in [0.2, 0.25) is 0 Å². The summed E-state index contributed by atoms with van der Waals surface area (Å²) in [5.41, 5.74) is 3.10. The van der Waals surface area contributed by atoms with E-state index in [9.17, 15) is 9.59 Å². The zero-order valence-electron chi connectivity index (χ0n) is 16.3. The summed E-state index contributed by atoms with van der Waals surface area (Å²) in [5.74, 6) is -0.699. The van der Waals surface area contributed by atoms with Crippen LogP contribution in [0.25, 0.3) is 10.2 Å². The lowest BCUT2D eigenvalue weighted by Crippen LogP contribution is -2.21. The van der Waals surface area contributed by atoms with Crippen molar-refractivity contribution in [1.82, 2.24) is 14.3 Å². The van der Waals surface area contributed by atoms with Gasteiger partial charge in [-0.15, -0.1) is 0 Å². The van der Waals surface area contributed by atoms with E-state index in [0.29, 0.717) is 23.5 Å². The van der Waals surface area contributed by atoms with E-state index in [-0.39, 0.29) is 12.5 Å². The SMILES string of the molecule is COCCn1c(=NC(=O)Cn2nc(C)cc2C)sc2cc(C(=O)OC)ccc21. The van der Waals surface area contributed by atoms with Crippen molar-refractivity contribution < 1.29 is 19.1 Å². The van der Waals surface area contributed by atoms with Crippen LogP contribution >= 0.6 is 11.3 Å². The van der Waals surface area contributed by atoms with Crippen LogP contribution in [-0.4, -0.2) is 47.1 Å². The molecule has 0 spiro atoms. The summed E-state index contributed by atoms with van der Waals surface area (Å²) in [5, 5.41) is 4.31. The third-order valence-corrected chi connectivity index (χ3v) is 5.27. The molecule has 0 fully saturated rings. The van der Waals surface area contributed by atoms with E-state index in [4.69, 9.17) is 9.47 Å². The van der Waals surface area contributed by atoms with Gasteiger partial charge in [-0.25, -0.2) is 4.79 Å². The standard InChI is InChI=1S/C19H22N4O4S/c1-12-9-13(2)23(21-12)11-17(24)20-19-22(7-8-26-3)15-6-5-14(18(25)27-4)10-16(15)28-19/h5-6,9-10H,7-8,11H2,1-4H3. The Morgan fingerprint density at radius 1 is 1.21 bits per heavy atom. The first kappa shape index (κ1) is 20.0. The van der Waals surface area contributed by atoms with Crippen molar-refractivity contribution in [2.45, 2.75) is 26.9 Å². The Bertz CT molecular complexity index is 1090. The average Bonchev–Trinajstić information content (AvgIpc) is 3.16. The van der Waals surface area contributed by atoms with Crippen molar-refractivity contribution in [3.63, 3.8) is 0 Å². The Morgan fingerprint density at radius 3 is 2.64 bits per heavy atom. The van der Waals surface area contributed by atoms with Crippen LogP contribution in [0.5, 0.6) is 0 Å². The molecule has 0 aliphatic heterocycles. The van der Waals surface area contributed by atoms with E-state index in [1.807, 2.05) is 30.5 Å². The molecular weight excluding hydrogens is 380 g/mol. The van der Waals surface area contributed by atoms with Crippen LogP contribution in [0.4, 0.5) is 0 Å². The molecule has 9 heteroatoms. The number of hydrogen-bond donors (Lipinski definition) is 0. The highest BCUT2D eigenvalue weighted by molar-refractivity contribution is 7.16. The van der Waals surface area contributed by atoms with Crippen LogP contribution in [0, 0.1) is 13.8 Å². The third-order valence-electron chi connectivity index (χ3n) is 4.23. The third kappa shape index (κ3) is 4.20. The summed E-state index contributed by atoms with van der Waals surface area (Å²) in [6.45, 7) is 4.88. The van der Waals surface area contributed by atoms with Gasteiger partial charge in [0, 0.05) is 19.3 Å². The number of methoxy groups -OCH3 is 2. The second-order valence-electron chi connectivity index (χ2n) is 6.29. The number of carbonyl (C=O) groups excluding carboxylic acids is 2. The van der Waals surface area contributed by atoms with Gasteiger partial charge in [-0.2, -0.15) is 10.1 Å².